The van der Waals surface area contributed by atoms with E-state index in [9.17, 15) is 9.90 Å². The summed E-state index contributed by atoms with van der Waals surface area (Å²) in [6, 6.07) is 8.13. The normalized spacial score (nSPS) is 11.0. The highest BCUT2D eigenvalue weighted by atomic mass is 35.5. The number of carbonyl (C=O) groups is 1. The fourth-order valence-corrected chi connectivity index (χ4v) is 3.29. The summed E-state index contributed by atoms with van der Waals surface area (Å²) in [5.41, 5.74) is 1.82. The van der Waals surface area contributed by atoms with Crippen LogP contribution in [0, 0.1) is 0 Å². The van der Waals surface area contributed by atoms with Crippen molar-refractivity contribution < 1.29 is 14.6 Å². The number of hydrogen-bond acceptors (Lipinski definition) is 5. The lowest BCUT2D eigenvalue weighted by atomic mass is 10.2. The summed E-state index contributed by atoms with van der Waals surface area (Å²) in [5, 5.41) is 13.8. The molecule has 3 aromatic rings. The second-order valence-corrected chi connectivity index (χ2v) is 6.65. The number of benzene rings is 2. The first-order valence-electron chi connectivity index (χ1n) is 7.55. The molecule has 0 aliphatic carbocycles. The Hall–Kier alpha value is -1.99. The molecular weight excluding hydrogens is 401 g/mol. The maximum Gasteiger partial charge on any atom is 0.340 e. The number of ether oxygens (including phenoxy) is 1. The van der Waals surface area contributed by atoms with Crippen LogP contribution in [-0.4, -0.2) is 34.3 Å². The predicted octanol–water partition coefficient (Wildman–Crippen LogP) is 4.52. The number of halogens is 3. The number of fused-ring (bicyclic) bond motifs is 1. The summed E-state index contributed by atoms with van der Waals surface area (Å²) in [6.45, 7) is 0.0490. The van der Waals surface area contributed by atoms with E-state index in [2.05, 4.69) is 10.3 Å². The number of aliphatic hydroxyl groups excluding tert-OH is 1. The number of hydrogen-bond donors (Lipinski definition) is 2. The SMILES string of the molecule is COC(=O)c1cc(Cl)cc2nc(Nc3ccc(Cl)cc3Cl)n(CCO)c12. The van der Waals surface area contributed by atoms with Crippen LogP contribution in [0.15, 0.2) is 30.3 Å². The first-order chi connectivity index (χ1) is 12.4. The van der Waals surface area contributed by atoms with Crippen LogP contribution in [-0.2, 0) is 11.3 Å². The van der Waals surface area contributed by atoms with Gasteiger partial charge in [-0.25, -0.2) is 9.78 Å². The molecule has 0 spiro atoms. The smallest absolute Gasteiger partial charge is 0.340 e. The number of esters is 1. The van der Waals surface area contributed by atoms with Gasteiger partial charge in [-0.05, 0) is 30.3 Å². The van der Waals surface area contributed by atoms with Gasteiger partial charge in [0.2, 0.25) is 5.95 Å². The maximum atomic E-state index is 12.2. The molecule has 2 aromatic carbocycles. The molecule has 0 fully saturated rings. The lowest BCUT2D eigenvalue weighted by Gasteiger charge is -2.12. The molecule has 0 saturated carbocycles. The van der Waals surface area contributed by atoms with Crippen LogP contribution in [0.2, 0.25) is 15.1 Å². The van der Waals surface area contributed by atoms with Crippen molar-refractivity contribution in [3.05, 3.63) is 51.0 Å². The second-order valence-electron chi connectivity index (χ2n) is 5.37. The number of imidazole rings is 1. The summed E-state index contributed by atoms with van der Waals surface area (Å²) in [4.78, 5) is 16.6. The third-order valence-corrected chi connectivity index (χ3v) is 4.48. The molecular formula is C17H14Cl3N3O3. The van der Waals surface area contributed by atoms with Crippen molar-refractivity contribution in [3.8, 4) is 0 Å². The molecule has 0 radical (unpaired) electrons. The Labute approximate surface area is 164 Å². The van der Waals surface area contributed by atoms with Gasteiger partial charge in [-0.15, -0.1) is 0 Å². The van der Waals surface area contributed by atoms with Crippen molar-refractivity contribution in [1.29, 1.82) is 0 Å². The number of rotatable bonds is 5. The molecule has 9 heteroatoms. The molecule has 6 nitrogen and oxygen atoms in total. The number of carbonyl (C=O) groups excluding carboxylic acids is 1. The lowest BCUT2D eigenvalue weighted by molar-refractivity contribution is 0.0602. The van der Waals surface area contributed by atoms with E-state index in [-0.39, 0.29) is 18.7 Å². The Bertz CT molecular complexity index is 988. The van der Waals surface area contributed by atoms with E-state index in [4.69, 9.17) is 39.5 Å². The largest absolute Gasteiger partial charge is 0.465 e. The molecule has 2 N–H and O–H groups in total. The summed E-state index contributed by atoms with van der Waals surface area (Å²) in [7, 11) is 1.29. The summed E-state index contributed by atoms with van der Waals surface area (Å²) in [5.74, 6) is -0.154. The zero-order valence-corrected chi connectivity index (χ0v) is 15.9. The maximum absolute atomic E-state index is 12.2. The number of methoxy groups -OCH3 is 1. The lowest BCUT2D eigenvalue weighted by Crippen LogP contribution is -2.10. The minimum atomic E-state index is -0.548. The van der Waals surface area contributed by atoms with Gasteiger partial charge in [-0.1, -0.05) is 34.8 Å². The summed E-state index contributed by atoms with van der Waals surface area (Å²) in [6.07, 6.45) is 0. The number of aliphatic hydroxyl groups is 1. The Morgan fingerprint density at radius 1 is 1.23 bits per heavy atom. The van der Waals surface area contributed by atoms with Crippen molar-refractivity contribution in [3.63, 3.8) is 0 Å². The summed E-state index contributed by atoms with van der Waals surface area (Å²) >= 11 is 18.2. The van der Waals surface area contributed by atoms with Crippen LogP contribution < -0.4 is 5.32 Å². The third kappa shape index (κ3) is 3.59. The van der Waals surface area contributed by atoms with E-state index in [0.29, 0.717) is 37.7 Å². The summed E-state index contributed by atoms with van der Waals surface area (Å²) < 4.78 is 6.50. The van der Waals surface area contributed by atoms with Gasteiger partial charge in [0.1, 0.15) is 0 Å². The van der Waals surface area contributed by atoms with Gasteiger partial charge in [0.05, 0.1) is 41.0 Å². The van der Waals surface area contributed by atoms with Crippen LogP contribution in [0.1, 0.15) is 10.4 Å². The molecule has 3 rings (SSSR count). The second kappa shape index (κ2) is 7.72. The molecule has 1 heterocycles. The van der Waals surface area contributed by atoms with Gasteiger partial charge in [-0.2, -0.15) is 0 Å². The topological polar surface area (TPSA) is 76.4 Å². The quantitative estimate of drug-likeness (QED) is 0.600. The van der Waals surface area contributed by atoms with Crippen molar-refractivity contribution >= 4 is 63.4 Å². The molecule has 0 atom stereocenters. The fourth-order valence-electron chi connectivity index (χ4n) is 2.62. The fraction of sp³-hybridized carbons (Fsp3) is 0.176. The third-order valence-electron chi connectivity index (χ3n) is 3.71. The molecule has 136 valence electrons. The van der Waals surface area contributed by atoms with Crippen LogP contribution in [0.4, 0.5) is 11.6 Å². The Morgan fingerprint density at radius 2 is 2.00 bits per heavy atom. The predicted molar refractivity (Wildman–Crippen MR) is 103 cm³/mol. The van der Waals surface area contributed by atoms with E-state index < -0.39 is 5.97 Å². The molecule has 26 heavy (non-hydrogen) atoms. The van der Waals surface area contributed by atoms with Gasteiger partial charge >= 0.3 is 5.97 Å². The minimum Gasteiger partial charge on any atom is -0.465 e. The van der Waals surface area contributed by atoms with Gasteiger partial charge in [0.25, 0.3) is 0 Å². The Kier molecular flexibility index (Phi) is 5.58. The standard InChI is InChI=1S/C17H14Cl3N3O3/c1-26-16(25)11-6-10(19)8-14-15(11)23(4-5-24)17(22-14)21-13-3-2-9(18)7-12(13)20/h2-3,6-8,24H,4-5H2,1H3,(H,21,22). The highest BCUT2D eigenvalue weighted by molar-refractivity contribution is 6.36. The highest BCUT2D eigenvalue weighted by Gasteiger charge is 2.20. The van der Waals surface area contributed by atoms with E-state index >= 15 is 0 Å². The Balaban J connectivity index is 2.19. The molecule has 0 aliphatic heterocycles. The highest BCUT2D eigenvalue weighted by Crippen LogP contribution is 2.32. The molecule has 0 bridgehead atoms. The van der Waals surface area contributed by atoms with Crippen molar-refractivity contribution in [2.75, 3.05) is 19.0 Å². The van der Waals surface area contributed by atoms with E-state index in [0.717, 1.165) is 0 Å². The molecule has 0 saturated heterocycles. The first-order valence-corrected chi connectivity index (χ1v) is 8.69. The van der Waals surface area contributed by atoms with Crippen LogP contribution in [0.25, 0.3) is 11.0 Å². The number of nitrogens with one attached hydrogen (secondary N) is 1. The zero-order chi connectivity index (χ0) is 18.8. The molecule has 0 unspecified atom stereocenters. The van der Waals surface area contributed by atoms with Crippen molar-refractivity contribution in [1.82, 2.24) is 9.55 Å². The monoisotopic (exact) mass is 413 g/mol. The minimum absolute atomic E-state index is 0.155. The van der Waals surface area contributed by atoms with Gasteiger partial charge < -0.3 is 19.7 Å². The van der Waals surface area contributed by atoms with Gasteiger partial charge in [-0.3, -0.25) is 0 Å². The zero-order valence-electron chi connectivity index (χ0n) is 13.6. The molecule has 0 aliphatic rings. The molecule has 0 amide bonds. The van der Waals surface area contributed by atoms with Crippen LogP contribution >= 0.6 is 34.8 Å². The van der Waals surface area contributed by atoms with Gasteiger partial charge in [0.15, 0.2) is 0 Å². The average Bonchev–Trinajstić information content (AvgIpc) is 2.93. The number of nitrogens with zero attached hydrogens (tertiary/aromatic N) is 2. The number of anilines is 2. The van der Waals surface area contributed by atoms with Crippen LogP contribution in [0.3, 0.4) is 0 Å². The number of aromatic nitrogens is 2. The van der Waals surface area contributed by atoms with Crippen LogP contribution in [0.5, 0.6) is 0 Å². The van der Waals surface area contributed by atoms with E-state index in [1.54, 1.807) is 28.8 Å². The van der Waals surface area contributed by atoms with E-state index in [1.165, 1.54) is 13.2 Å². The Morgan fingerprint density at radius 3 is 2.65 bits per heavy atom. The van der Waals surface area contributed by atoms with E-state index in [1.807, 2.05) is 0 Å². The van der Waals surface area contributed by atoms with Crippen molar-refractivity contribution in [2.24, 2.45) is 0 Å². The molecule has 1 aromatic heterocycles. The average molecular weight is 415 g/mol. The van der Waals surface area contributed by atoms with Gasteiger partial charge in [0, 0.05) is 16.6 Å². The first kappa shape index (κ1) is 18.8. The van der Waals surface area contributed by atoms with Crippen molar-refractivity contribution in [2.45, 2.75) is 6.54 Å².